The van der Waals surface area contributed by atoms with Crippen LogP contribution in [0, 0.1) is 0 Å². The summed E-state index contributed by atoms with van der Waals surface area (Å²) in [5.41, 5.74) is 1.90. The topological polar surface area (TPSA) is 23.6 Å². The molecule has 3 rings (SSSR count). The van der Waals surface area contributed by atoms with E-state index in [1.807, 2.05) is 35.2 Å². The van der Waals surface area contributed by atoms with Crippen LogP contribution in [0.25, 0.3) is 0 Å². The Labute approximate surface area is 156 Å². The monoisotopic (exact) mass is 382 g/mol. The second-order valence-corrected chi connectivity index (χ2v) is 7.05. The molecule has 0 saturated carbocycles. The summed E-state index contributed by atoms with van der Waals surface area (Å²) < 4.78 is 0. The first-order chi connectivity index (χ1) is 11.5. The third-order valence-corrected chi connectivity index (χ3v) is 4.96. The normalized spacial score (nSPS) is 14.8. The van der Waals surface area contributed by atoms with Crippen LogP contribution in [0.15, 0.2) is 42.5 Å². The van der Waals surface area contributed by atoms with Crippen LogP contribution in [0.4, 0.5) is 5.69 Å². The van der Waals surface area contributed by atoms with Crippen molar-refractivity contribution in [2.24, 2.45) is 0 Å². The zero-order valence-corrected chi connectivity index (χ0v) is 15.3. The fourth-order valence-electron chi connectivity index (χ4n) is 2.81. The van der Waals surface area contributed by atoms with Crippen LogP contribution in [0.1, 0.15) is 5.56 Å². The van der Waals surface area contributed by atoms with Crippen molar-refractivity contribution in [1.29, 1.82) is 0 Å². The smallest absolute Gasteiger partial charge is 0.227 e. The molecule has 1 saturated heterocycles. The molecule has 0 atom stereocenters. The molecule has 1 fully saturated rings. The zero-order chi connectivity index (χ0) is 17.1. The maximum atomic E-state index is 12.4. The molecular weight excluding hydrogens is 367 g/mol. The van der Waals surface area contributed by atoms with Gasteiger partial charge in [0.1, 0.15) is 0 Å². The van der Waals surface area contributed by atoms with E-state index in [4.69, 9.17) is 34.8 Å². The second kappa shape index (κ2) is 7.64. The second-order valence-electron chi connectivity index (χ2n) is 5.77. The molecule has 0 aliphatic carbocycles. The van der Waals surface area contributed by atoms with Crippen molar-refractivity contribution in [3.8, 4) is 0 Å². The molecule has 1 aliphatic heterocycles. The average Bonchev–Trinajstić information content (AvgIpc) is 2.59. The fourth-order valence-corrected chi connectivity index (χ4v) is 3.34. The zero-order valence-electron chi connectivity index (χ0n) is 13.0. The van der Waals surface area contributed by atoms with Crippen molar-refractivity contribution in [2.75, 3.05) is 31.1 Å². The van der Waals surface area contributed by atoms with Crippen molar-refractivity contribution >= 4 is 46.4 Å². The molecule has 24 heavy (non-hydrogen) atoms. The third-order valence-electron chi connectivity index (χ3n) is 4.15. The van der Waals surface area contributed by atoms with Gasteiger partial charge in [0, 0.05) is 36.2 Å². The van der Waals surface area contributed by atoms with E-state index in [0.717, 1.165) is 24.3 Å². The van der Waals surface area contributed by atoms with E-state index in [1.165, 1.54) is 0 Å². The predicted octanol–water partition coefficient (Wildman–Crippen LogP) is 4.54. The highest BCUT2D eigenvalue weighted by atomic mass is 35.5. The highest BCUT2D eigenvalue weighted by molar-refractivity contribution is 6.35. The number of hydrogen-bond donors (Lipinski definition) is 0. The first-order valence-electron chi connectivity index (χ1n) is 7.75. The molecule has 0 spiro atoms. The van der Waals surface area contributed by atoms with Gasteiger partial charge in [-0.25, -0.2) is 0 Å². The Morgan fingerprint density at radius 1 is 0.875 bits per heavy atom. The van der Waals surface area contributed by atoms with E-state index in [1.54, 1.807) is 12.1 Å². The largest absolute Gasteiger partial charge is 0.367 e. The SMILES string of the molecule is O=C(Cc1ccc(Cl)cc1)N1CCN(c2cc(Cl)ccc2Cl)CC1. The van der Waals surface area contributed by atoms with Gasteiger partial charge in [-0.05, 0) is 35.9 Å². The highest BCUT2D eigenvalue weighted by Crippen LogP contribution is 2.29. The Balaban J connectivity index is 1.59. The van der Waals surface area contributed by atoms with E-state index in [9.17, 15) is 4.79 Å². The van der Waals surface area contributed by atoms with Crippen LogP contribution in [0.3, 0.4) is 0 Å². The number of rotatable bonds is 3. The van der Waals surface area contributed by atoms with Gasteiger partial charge in [0.05, 0.1) is 17.1 Å². The van der Waals surface area contributed by atoms with Crippen LogP contribution < -0.4 is 4.90 Å². The lowest BCUT2D eigenvalue weighted by Crippen LogP contribution is -2.49. The van der Waals surface area contributed by atoms with Gasteiger partial charge in [-0.3, -0.25) is 4.79 Å². The van der Waals surface area contributed by atoms with Gasteiger partial charge in [-0.15, -0.1) is 0 Å². The van der Waals surface area contributed by atoms with Crippen LogP contribution in [-0.4, -0.2) is 37.0 Å². The standard InChI is InChI=1S/C18H17Cl3N2O/c19-14-3-1-13(2-4-14)11-18(24)23-9-7-22(8-10-23)17-12-15(20)5-6-16(17)21/h1-6,12H,7-11H2. The summed E-state index contributed by atoms with van der Waals surface area (Å²) in [6, 6.07) is 12.8. The summed E-state index contributed by atoms with van der Waals surface area (Å²) >= 11 is 18.2. The predicted molar refractivity (Wildman–Crippen MR) is 100 cm³/mol. The highest BCUT2D eigenvalue weighted by Gasteiger charge is 2.22. The number of halogens is 3. The number of hydrogen-bond acceptors (Lipinski definition) is 2. The summed E-state index contributed by atoms with van der Waals surface area (Å²) in [6.45, 7) is 2.84. The Bertz CT molecular complexity index is 726. The molecule has 2 aromatic rings. The molecule has 2 aromatic carbocycles. The molecular formula is C18H17Cl3N2O. The number of anilines is 1. The van der Waals surface area contributed by atoms with Gasteiger partial charge in [-0.1, -0.05) is 46.9 Å². The van der Waals surface area contributed by atoms with Gasteiger partial charge < -0.3 is 9.80 Å². The molecule has 0 aromatic heterocycles. The van der Waals surface area contributed by atoms with Gasteiger partial charge in [0.2, 0.25) is 5.91 Å². The van der Waals surface area contributed by atoms with E-state index < -0.39 is 0 Å². The van der Waals surface area contributed by atoms with Crippen molar-refractivity contribution in [1.82, 2.24) is 4.90 Å². The van der Waals surface area contributed by atoms with E-state index in [0.29, 0.717) is 34.6 Å². The van der Waals surface area contributed by atoms with Crippen molar-refractivity contribution < 1.29 is 4.79 Å². The van der Waals surface area contributed by atoms with Crippen LogP contribution in [0.2, 0.25) is 15.1 Å². The van der Waals surface area contributed by atoms with E-state index in [-0.39, 0.29) is 5.91 Å². The number of piperazine rings is 1. The minimum atomic E-state index is 0.133. The first-order valence-corrected chi connectivity index (χ1v) is 8.88. The van der Waals surface area contributed by atoms with Crippen molar-refractivity contribution in [2.45, 2.75) is 6.42 Å². The van der Waals surface area contributed by atoms with E-state index in [2.05, 4.69) is 4.90 Å². The van der Waals surface area contributed by atoms with Crippen LogP contribution >= 0.6 is 34.8 Å². The lowest BCUT2D eigenvalue weighted by molar-refractivity contribution is -0.130. The van der Waals surface area contributed by atoms with Crippen molar-refractivity contribution in [3.63, 3.8) is 0 Å². The lowest BCUT2D eigenvalue weighted by Gasteiger charge is -2.36. The molecule has 3 nitrogen and oxygen atoms in total. The fraction of sp³-hybridized carbons (Fsp3) is 0.278. The molecule has 0 unspecified atom stereocenters. The molecule has 6 heteroatoms. The maximum Gasteiger partial charge on any atom is 0.227 e. The average molecular weight is 384 g/mol. The summed E-state index contributed by atoms with van der Waals surface area (Å²) in [5.74, 6) is 0.133. The Kier molecular flexibility index (Phi) is 5.54. The summed E-state index contributed by atoms with van der Waals surface area (Å²) in [6.07, 6.45) is 0.398. The minimum Gasteiger partial charge on any atom is -0.367 e. The third kappa shape index (κ3) is 4.15. The van der Waals surface area contributed by atoms with Gasteiger partial charge >= 0.3 is 0 Å². The summed E-state index contributed by atoms with van der Waals surface area (Å²) in [4.78, 5) is 16.5. The van der Waals surface area contributed by atoms with Gasteiger partial charge in [0.15, 0.2) is 0 Å². The molecule has 1 amide bonds. The Morgan fingerprint density at radius 3 is 2.17 bits per heavy atom. The quantitative estimate of drug-likeness (QED) is 0.777. The van der Waals surface area contributed by atoms with E-state index >= 15 is 0 Å². The first kappa shape index (κ1) is 17.4. The molecule has 0 radical (unpaired) electrons. The molecule has 0 N–H and O–H groups in total. The maximum absolute atomic E-state index is 12.4. The number of carbonyl (C=O) groups excluding carboxylic acids is 1. The summed E-state index contributed by atoms with van der Waals surface area (Å²) in [5, 5.41) is 2.02. The van der Waals surface area contributed by atoms with Crippen LogP contribution in [0.5, 0.6) is 0 Å². The Morgan fingerprint density at radius 2 is 1.50 bits per heavy atom. The number of nitrogens with zero attached hydrogens (tertiary/aromatic N) is 2. The minimum absolute atomic E-state index is 0.133. The molecule has 1 aliphatic rings. The molecule has 126 valence electrons. The Hall–Kier alpha value is -1.42. The van der Waals surface area contributed by atoms with Crippen molar-refractivity contribution in [3.05, 3.63) is 63.1 Å². The number of benzene rings is 2. The molecule has 1 heterocycles. The lowest BCUT2D eigenvalue weighted by atomic mass is 10.1. The van der Waals surface area contributed by atoms with Crippen LogP contribution in [-0.2, 0) is 11.2 Å². The number of amides is 1. The van der Waals surface area contributed by atoms with Gasteiger partial charge in [-0.2, -0.15) is 0 Å². The van der Waals surface area contributed by atoms with Gasteiger partial charge in [0.25, 0.3) is 0 Å². The summed E-state index contributed by atoms with van der Waals surface area (Å²) in [7, 11) is 0. The molecule has 0 bridgehead atoms. The number of carbonyl (C=O) groups is 1.